The van der Waals surface area contributed by atoms with Crippen LogP contribution in [-0.4, -0.2) is 5.18 Å². The van der Waals surface area contributed by atoms with E-state index in [2.05, 4.69) is 4.18 Å². The lowest BCUT2D eigenvalue weighted by atomic mass is 11.7. The van der Waals surface area contributed by atoms with Gasteiger partial charge in [0.25, 0.3) is 5.18 Å². The van der Waals surface area contributed by atoms with Gasteiger partial charge in [0.05, 0.1) is 0 Å². The topological polar surface area (TPSA) is 46.7 Å². The molecule has 5 heteroatoms. The summed E-state index contributed by atoms with van der Waals surface area (Å²) in [5.41, 5.74) is 0. The Balaban J connectivity index is 2.52. The standard InChI is InChI=1S/CHO3PS/c2-5(3)1-4-6-1/h1H. The molecule has 0 saturated carbocycles. The van der Waals surface area contributed by atoms with E-state index < -0.39 is 12.9 Å². The predicted octanol–water partition coefficient (Wildman–Crippen LogP) is 1.12. The SMILES string of the molecule is O=P(=O)C1OS1. The lowest BCUT2D eigenvalue weighted by Gasteiger charge is -1.52. The first-order chi connectivity index (χ1) is 2.80. The van der Waals surface area contributed by atoms with Gasteiger partial charge in [-0.25, -0.2) is 9.13 Å². The first-order valence-corrected chi connectivity index (χ1v) is 3.31. The molecule has 0 bridgehead atoms. The van der Waals surface area contributed by atoms with Crippen molar-refractivity contribution in [3.05, 3.63) is 0 Å². The van der Waals surface area contributed by atoms with E-state index in [4.69, 9.17) is 0 Å². The molecule has 0 N–H and O–H groups in total. The van der Waals surface area contributed by atoms with Crippen molar-refractivity contribution in [2.45, 2.75) is 5.18 Å². The molecule has 1 atom stereocenters. The molecule has 1 heterocycles. The number of rotatable bonds is 1. The highest BCUT2D eigenvalue weighted by Crippen LogP contribution is 2.44. The van der Waals surface area contributed by atoms with Crippen LogP contribution in [-0.2, 0) is 13.3 Å². The van der Waals surface area contributed by atoms with Crippen LogP contribution in [0.15, 0.2) is 0 Å². The van der Waals surface area contributed by atoms with Crippen molar-refractivity contribution in [2.24, 2.45) is 0 Å². The monoisotopic (exact) mass is 124 g/mol. The van der Waals surface area contributed by atoms with Crippen LogP contribution in [0.25, 0.3) is 0 Å². The zero-order chi connectivity index (χ0) is 4.57. The van der Waals surface area contributed by atoms with E-state index >= 15 is 0 Å². The zero-order valence-electron chi connectivity index (χ0n) is 2.66. The average molecular weight is 124 g/mol. The number of hydrogen-bond donors (Lipinski definition) is 0. The van der Waals surface area contributed by atoms with E-state index in [1.54, 1.807) is 0 Å². The van der Waals surface area contributed by atoms with E-state index in [0.717, 1.165) is 12.0 Å². The van der Waals surface area contributed by atoms with Crippen LogP contribution < -0.4 is 0 Å². The van der Waals surface area contributed by atoms with Crippen LogP contribution in [0.3, 0.4) is 0 Å². The Morgan fingerprint density at radius 3 is 2.17 bits per heavy atom. The third kappa shape index (κ3) is 0.834. The third-order valence-corrected chi connectivity index (χ3v) is 2.10. The summed E-state index contributed by atoms with van der Waals surface area (Å²) >= 11 is 0.980. The Labute approximate surface area is 39.1 Å². The largest absolute Gasteiger partial charge is 0.359 e. The second kappa shape index (κ2) is 1.37. The summed E-state index contributed by atoms with van der Waals surface area (Å²) in [6.07, 6.45) is 0. The van der Waals surface area contributed by atoms with Crippen molar-refractivity contribution in [1.82, 2.24) is 0 Å². The van der Waals surface area contributed by atoms with E-state index in [9.17, 15) is 9.13 Å². The molecule has 1 saturated heterocycles. The lowest BCUT2D eigenvalue weighted by Crippen LogP contribution is -1.54. The molecular formula is CHO3PS. The fraction of sp³-hybridized carbons (Fsp3) is 1.00. The normalized spacial score (nSPS) is 29.7. The van der Waals surface area contributed by atoms with Gasteiger partial charge in [-0.2, -0.15) is 0 Å². The van der Waals surface area contributed by atoms with Gasteiger partial charge in [0.1, 0.15) is 0 Å². The summed E-state index contributed by atoms with van der Waals surface area (Å²) in [6.45, 7) is 0. The molecule has 6 heavy (non-hydrogen) atoms. The molecule has 0 spiro atoms. The quantitative estimate of drug-likeness (QED) is 0.298. The minimum absolute atomic E-state index is 0.528. The van der Waals surface area contributed by atoms with Crippen molar-refractivity contribution in [2.75, 3.05) is 0 Å². The van der Waals surface area contributed by atoms with Gasteiger partial charge in [-0.3, -0.25) is 4.18 Å². The minimum atomic E-state index is -2.31. The summed E-state index contributed by atoms with van der Waals surface area (Å²) in [6, 6.07) is 0. The van der Waals surface area contributed by atoms with E-state index in [1.807, 2.05) is 0 Å². The fourth-order valence-corrected chi connectivity index (χ4v) is 0.856. The van der Waals surface area contributed by atoms with Gasteiger partial charge in [-0.15, -0.1) is 0 Å². The minimum Gasteiger partial charge on any atom is -0.280 e. The maximum Gasteiger partial charge on any atom is 0.359 e. The second-order valence-electron chi connectivity index (χ2n) is 0.785. The maximum absolute atomic E-state index is 9.65. The highest BCUT2D eigenvalue weighted by atomic mass is 32.2. The lowest BCUT2D eigenvalue weighted by molar-refractivity contribution is 0.472. The average Bonchev–Trinajstić information content (AvgIpc) is 2.06. The Morgan fingerprint density at radius 2 is 2.17 bits per heavy atom. The number of hydrogen-bond acceptors (Lipinski definition) is 4. The molecule has 0 aromatic rings. The molecule has 1 rings (SSSR count). The Kier molecular flexibility index (Phi) is 0.998. The van der Waals surface area contributed by atoms with E-state index in [0.29, 0.717) is 0 Å². The van der Waals surface area contributed by atoms with Crippen LogP contribution in [0, 0.1) is 0 Å². The van der Waals surface area contributed by atoms with Gasteiger partial charge in [0.2, 0.25) is 0 Å². The molecule has 0 amide bonds. The Morgan fingerprint density at radius 1 is 1.67 bits per heavy atom. The first-order valence-electron chi connectivity index (χ1n) is 1.26. The summed E-state index contributed by atoms with van der Waals surface area (Å²) in [4.78, 5) is 0. The second-order valence-corrected chi connectivity index (χ2v) is 2.99. The first kappa shape index (κ1) is 4.37. The van der Waals surface area contributed by atoms with Crippen molar-refractivity contribution in [3.8, 4) is 0 Å². The van der Waals surface area contributed by atoms with Crippen LogP contribution in [0.5, 0.6) is 0 Å². The molecule has 0 aromatic carbocycles. The van der Waals surface area contributed by atoms with Gasteiger partial charge in [0, 0.05) is 12.0 Å². The predicted molar refractivity (Wildman–Crippen MR) is 20.8 cm³/mol. The molecule has 1 fully saturated rings. The van der Waals surface area contributed by atoms with Crippen LogP contribution >= 0.6 is 19.7 Å². The van der Waals surface area contributed by atoms with E-state index in [-0.39, 0.29) is 0 Å². The molecule has 34 valence electrons. The van der Waals surface area contributed by atoms with Gasteiger partial charge in [0.15, 0.2) is 0 Å². The van der Waals surface area contributed by atoms with Gasteiger partial charge >= 0.3 is 7.68 Å². The molecule has 3 nitrogen and oxygen atoms in total. The van der Waals surface area contributed by atoms with Crippen LogP contribution in [0.2, 0.25) is 0 Å². The van der Waals surface area contributed by atoms with Crippen molar-refractivity contribution in [1.29, 1.82) is 0 Å². The summed E-state index contributed by atoms with van der Waals surface area (Å²) in [5, 5.41) is -0.528. The van der Waals surface area contributed by atoms with Crippen LogP contribution in [0.4, 0.5) is 0 Å². The van der Waals surface area contributed by atoms with Gasteiger partial charge in [-0.05, 0) is 0 Å². The van der Waals surface area contributed by atoms with Crippen molar-refractivity contribution in [3.63, 3.8) is 0 Å². The highest BCUT2D eigenvalue weighted by molar-refractivity contribution is 8.05. The molecule has 1 unspecified atom stereocenters. The van der Waals surface area contributed by atoms with E-state index in [1.165, 1.54) is 0 Å². The van der Waals surface area contributed by atoms with Crippen molar-refractivity contribution < 1.29 is 13.3 Å². The molecule has 0 aliphatic carbocycles. The molecule has 0 radical (unpaired) electrons. The third-order valence-electron chi connectivity index (χ3n) is 0.354. The Bertz CT molecular complexity index is 106. The molecular weight excluding hydrogens is 123 g/mol. The smallest absolute Gasteiger partial charge is 0.280 e. The van der Waals surface area contributed by atoms with Crippen molar-refractivity contribution >= 4 is 19.7 Å². The summed E-state index contributed by atoms with van der Waals surface area (Å²) < 4.78 is 23.6. The molecule has 0 aromatic heterocycles. The van der Waals surface area contributed by atoms with Gasteiger partial charge in [-0.1, -0.05) is 0 Å². The summed E-state index contributed by atoms with van der Waals surface area (Å²) in [5.74, 6) is 0. The highest BCUT2D eigenvalue weighted by Gasteiger charge is 2.31. The van der Waals surface area contributed by atoms with Gasteiger partial charge < -0.3 is 0 Å². The van der Waals surface area contributed by atoms with Crippen LogP contribution in [0.1, 0.15) is 0 Å². The molecule has 1 aliphatic rings. The fourth-order valence-electron chi connectivity index (χ4n) is 0.0951. The maximum atomic E-state index is 9.65. The molecule has 1 aliphatic heterocycles. The summed E-state index contributed by atoms with van der Waals surface area (Å²) in [7, 11) is -2.31. The Hall–Kier alpha value is 0.210. The zero-order valence-corrected chi connectivity index (χ0v) is 4.37.